The smallest absolute Gasteiger partial charge is 0.270 e. The summed E-state index contributed by atoms with van der Waals surface area (Å²) in [5, 5.41) is 9.58. The first-order chi connectivity index (χ1) is 10.3. The first kappa shape index (κ1) is 13.9. The van der Waals surface area contributed by atoms with E-state index >= 15 is 0 Å². The Bertz CT molecular complexity index is 708. The number of nitrogens with zero attached hydrogens (tertiary/aromatic N) is 2. The average molecular weight is 315 g/mol. The van der Waals surface area contributed by atoms with Crippen LogP contribution in [0.2, 0.25) is 0 Å². The average Bonchev–Trinajstić information content (AvgIpc) is 3.19. The van der Waals surface area contributed by atoms with E-state index in [1.165, 1.54) is 11.3 Å². The molecule has 0 aromatic carbocycles. The number of pyridine rings is 1. The van der Waals surface area contributed by atoms with Crippen LogP contribution in [0.5, 0.6) is 0 Å². The summed E-state index contributed by atoms with van der Waals surface area (Å²) in [4.78, 5) is 20.6. The number of hydrogen-bond acceptors (Lipinski definition) is 5. The van der Waals surface area contributed by atoms with Crippen molar-refractivity contribution in [3.8, 4) is 10.6 Å². The lowest BCUT2D eigenvalue weighted by Gasteiger charge is -2.02. The van der Waals surface area contributed by atoms with Crippen LogP contribution >= 0.6 is 22.7 Å². The number of amides is 1. The van der Waals surface area contributed by atoms with Crippen molar-refractivity contribution in [3.63, 3.8) is 0 Å². The second kappa shape index (κ2) is 6.60. The van der Waals surface area contributed by atoms with Crippen LogP contribution in [0, 0.1) is 0 Å². The molecule has 0 aliphatic rings. The summed E-state index contributed by atoms with van der Waals surface area (Å²) in [5.74, 6) is -0.135. The van der Waals surface area contributed by atoms with Gasteiger partial charge in [0.25, 0.3) is 5.91 Å². The van der Waals surface area contributed by atoms with E-state index in [0.717, 1.165) is 16.3 Å². The van der Waals surface area contributed by atoms with E-state index in [1.807, 2.05) is 35.0 Å². The molecule has 0 aliphatic heterocycles. The molecule has 0 saturated heterocycles. The van der Waals surface area contributed by atoms with Crippen LogP contribution in [0.25, 0.3) is 10.6 Å². The van der Waals surface area contributed by atoms with Crippen molar-refractivity contribution in [1.29, 1.82) is 0 Å². The van der Waals surface area contributed by atoms with Crippen LogP contribution in [0.4, 0.5) is 0 Å². The van der Waals surface area contributed by atoms with Gasteiger partial charge >= 0.3 is 0 Å². The molecule has 6 heteroatoms. The van der Waals surface area contributed by atoms with Crippen molar-refractivity contribution in [1.82, 2.24) is 15.3 Å². The Morgan fingerprint density at radius 3 is 2.95 bits per heavy atom. The number of hydrogen-bond donors (Lipinski definition) is 1. The summed E-state index contributed by atoms with van der Waals surface area (Å²) < 4.78 is 0. The molecule has 3 aromatic rings. The van der Waals surface area contributed by atoms with Gasteiger partial charge in [-0.2, -0.15) is 11.3 Å². The van der Waals surface area contributed by atoms with Gasteiger partial charge in [0.05, 0.1) is 0 Å². The third kappa shape index (κ3) is 3.53. The van der Waals surface area contributed by atoms with E-state index in [-0.39, 0.29) is 5.91 Å². The maximum absolute atomic E-state index is 12.0. The van der Waals surface area contributed by atoms with Crippen LogP contribution in [0.15, 0.2) is 46.6 Å². The molecule has 21 heavy (non-hydrogen) atoms. The van der Waals surface area contributed by atoms with Gasteiger partial charge in [-0.15, -0.1) is 11.3 Å². The molecule has 0 atom stereocenters. The second-order valence-corrected chi connectivity index (χ2v) is 6.02. The molecule has 3 heterocycles. The van der Waals surface area contributed by atoms with Crippen molar-refractivity contribution in [2.45, 2.75) is 6.42 Å². The van der Waals surface area contributed by atoms with Crippen LogP contribution in [0.1, 0.15) is 16.2 Å². The Morgan fingerprint density at radius 2 is 2.19 bits per heavy atom. The van der Waals surface area contributed by atoms with Crippen LogP contribution in [-0.4, -0.2) is 22.4 Å². The van der Waals surface area contributed by atoms with Gasteiger partial charge in [0, 0.05) is 41.2 Å². The fourth-order valence-corrected chi connectivity index (χ4v) is 3.35. The number of carbonyl (C=O) groups excluding carboxylic acids is 1. The third-order valence-corrected chi connectivity index (χ3v) is 4.47. The van der Waals surface area contributed by atoms with Gasteiger partial charge in [-0.05, 0) is 23.6 Å². The van der Waals surface area contributed by atoms with E-state index in [2.05, 4.69) is 15.3 Å². The largest absolute Gasteiger partial charge is 0.350 e. The normalized spacial score (nSPS) is 10.5. The summed E-state index contributed by atoms with van der Waals surface area (Å²) in [6.45, 7) is 0.557. The van der Waals surface area contributed by atoms with Crippen molar-refractivity contribution < 1.29 is 4.79 Å². The molecule has 4 nitrogen and oxygen atoms in total. The summed E-state index contributed by atoms with van der Waals surface area (Å²) in [6, 6.07) is 7.77. The predicted octanol–water partition coefficient (Wildman–Crippen LogP) is 3.24. The van der Waals surface area contributed by atoms with Crippen molar-refractivity contribution in [2.75, 3.05) is 6.54 Å². The van der Waals surface area contributed by atoms with Gasteiger partial charge in [-0.3, -0.25) is 9.78 Å². The second-order valence-electron chi connectivity index (χ2n) is 4.38. The van der Waals surface area contributed by atoms with Crippen molar-refractivity contribution in [2.24, 2.45) is 0 Å². The molecule has 0 saturated carbocycles. The van der Waals surface area contributed by atoms with E-state index in [0.29, 0.717) is 18.7 Å². The Kier molecular flexibility index (Phi) is 4.37. The molecule has 0 spiro atoms. The Labute approximate surface area is 130 Å². The minimum Gasteiger partial charge on any atom is -0.350 e. The highest BCUT2D eigenvalue weighted by Crippen LogP contribution is 2.25. The molecular formula is C15H13N3OS2. The monoisotopic (exact) mass is 315 g/mol. The minimum atomic E-state index is -0.135. The lowest BCUT2D eigenvalue weighted by molar-refractivity contribution is 0.0950. The Morgan fingerprint density at radius 1 is 1.24 bits per heavy atom. The lowest BCUT2D eigenvalue weighted by Crippen LogP contribution is -2.26. The lowest BCUT2D eigenvalue weighted by atomic mass is 10.2. The topological polar surface area (TPSA) is 54.9 Å². The van der Waals surface area contributed by atoms with Crippen molar-refractivity contribution in [3.05, 3.63) is 58.0 Å². The molecule has 0 aliphatic carbocycles. The van der Waals surface area contributed by atoms with E-state index in [9.17, 15) is 4.79 Å². The Hall–Kier alpha value is -2.05. The van der Waals surface area contributed by atoms with E-state index in [1.54, 1.807) is 22.9 Å². The van der Waals surface area contributed by atoms with Crippen LogP contribution < -0.4 is 5.32 Å². The molecule has 3 rings (SSSR count). The number of thiophene rings is 1. The third-order valence-electron chi connectivity index (χ3n) is 2.90. The number of carbonyl (C=O) groups is 1. The van der Waals surface area contributed by atoms with Gasteiger partial charge in [-0.1, -0.05) is 6.07 Å². The van der Waals surface area contributed by atoms with Crippen molar-refractivity contribution >= 4 is 28.6 Å². The zero-order valence-electron chi connectivity index (χ0n) is 11.2. The summed E-state index contributed by atoms with van der Waals surface area (Å²) in [7, 11) is 0. The molecule has 3 aromatic heterocycles. The summed E-state index contributed by atoms with van der Waals surface area (Å²) >= 11 is 3.11. The summed E-state index contributed by atoms with van der Waals surface area (Å²) in [5.41, 5.74) is 2.51. The summed E-state index contributed by atoms with van der Waals surface area (Å²) in [6.07, 6.45) is 2.47. The number of aromatic nitrogens is 2. The molecule has 106 valence electrons. The Balaban J connectivity index is 1.56. The molecule has 0 unspecified atom stereocenters. The maximum atomic E-state index is 12.0. The number of rotatable bonds is 5. The number of nitrogens with one attached hydrogen (secondary N) is 1. The maximum Gasteiger partial charge on any atom is 0.270 e. The predicted molar refractivity (Wildman–Crippen MR) is 85.7 cm³/mol. The number of thiazole rings is 1. The zero-order chi connectivity index (χ0) is 14.5. The fraction of sp³-hybridized carbons (Fsp3) is 0.133. The first-order valence-corrected chi connectivity index (χ1v) is 8.31. The molecule has 1 amide bonds. The highest BCUT2D eigenvalue weighted by Gasteiger charge is 2.11. The van der Waals surface area contributed by atoms with E-state index in [4.69, 9.17) is 0 Å². The molecule has 0 radical (unpaired) electrons. The highest BCUT2D eigenvalue weighted by atomic mass is 32.1. The van der Waals surface area contributed by atoms with Gasteiger partial charge in [0.1, 0.15) is 10.7 Å². The van der Waals surface area contributed by atoms with Gasteiger partial charge < -0.3 is 5.32 Å². The van der Waals surface area contributed by atoms with Gasteiger partial charge in [0.2, 0.25) is 0 Å². The minimum absolute atomic E-state index is 0.135. The molecule has 0 bridgehead atoms. The first-order valence-electron chi connectivity index (χ1n) is 6.49. The molecule has 1 N–H and O–H groups in total. The fourth-order valence-electron chi connectivity index (χ4n) is 1.84. The van der Waals surface area contributed by atoms with Gasteiger partial charge in [-0.25, -0.2) is 4.98 Å². The van der Waals surface area contributed by atoms with Gasteiger partial charge in [0.15, 0.2) is 0 Å². The quantitative estimate of drug-likeness (QED) is 0.786. The van der Waals surface area contributed by atoms with Crippen LogP contribution in [-0.2, 0) is 6.42 Å². The standard InChI is InChI=1S/C15H13N3OS2/c19-14(17-7-4-12-3-1-2-6-16-12)13-10-21-15(18-13)11-5-8-20-9-11/h1-3,5-6,8-10H,4,7H2,(H,17,19). The van der Waals surface area contributed by atoms with Crippen LogP contribution in [0.3, 0.4) is 0 Å². The molecule has 0 fully saturated rings. The SMILES string of the molecule is O=C(NCCc1ccccn1)c1csc(-c2ccsc2)n1. The zero-order valence-corrected chi connectivity index (χ0v) is 12.8. The highest BCUT2D eigenvalue weighted by molar-refractivity contribution is 7.14. The molecular weight excluding hydrogens is 302 g/mol. The van der Waals surface area contributed by atoms with E-state index < -0.39 is 0 Å².